The van der Waals surface area contributed by atoms with E-state index in [0.717, 1.165) is 24.2 Å². The van der Waals surface area contributed by atoms with Gasteiger partial charge >= 0.3 is 5.97 Å². The van der Waals surface area contributed by atoms with Crippen molar-refractivity contribution in [2.75, 3.05) is 11.9 Å². The molecule has 1 fully saturated rings. The topological polar surface area (TPSA) is 54.3 Å². The summed E-state index contributed by atoms with van der Waals surface area (Å²) in [5.74, 6) is -0.367. The van der Waals surface area contributed by atoms with E-state index in [0.29, 0.717) is 10.8 Å². The largest absolute Gasteiger partial charge is 0.477 e. The summed E-state index contributed by atoms with van der Waals surface area (Å²) in [5, 5.41) is 13.5. The molecule has 38 heavy (non-hydrogen) atoms. The van der Waals surface area contributed by atoms with Crippen LogP contribution in [0.4, 0.5) is 5.69 Å². The number of fused-ring (bicyclic) bond motifs is 5. The lowest BCUT2D eigenvalue weighted by Crippen LogP contribution is -2.08. The predicted molar refractivity (Wildman–Crippen MR) is 161 cm³/mol. The first kappa shape index (κ1) is 24.7. The van der Waals surface area contributed by atoms with Crippen LogP contribution in [0.5, 0.6) is 0 Å². The van der Waals surface area contributed by atoms with Crippen LogP contribution in [-0.4, -0.2) is 22.2 Å². The highest BCUT2D eigenvalue weighted by atomic mass is 32.1. The van der Waals surface area contributed by atoms with Crippen molar-refractivity contribution < 1.29 is 9.90 Å². The number of nitrogens with zero attached hydrogens (tertiary/aromatic N) is 1. The van der Waals surface area contributed by atoms with Gasteiger partial charge in [-0.3, -0.25) is 0 Å². The number of carboxylic acids is 1. The van der Waals surface area contributed by atoms with Crippen LogP contribution in [-0.2, 0) is 6.54 Å². The van der Waals surface area contributed by atoms with Crippen molar-refractivity contribution in [1.82, 2.24) is 4.57 Å². The van der Waals surface area contributed by atoms with E-state index in [4.69, 9.17) is 0 Å². The molecule has 0 saturated heterocycles. The molecule has 2 N–H and O–H groups in total. The lowest BCUT2D eigenvalue weighted by molar-refractivity contribution is 0.0702. The van der Waals surface area contributed by atoms with Gasteiger partial charge in [-0.15, -0.1) is 11.3 Å². The fraction of sp³-hybridized carbons (Fsp3) is 0.303. The molecule has 4 aromatic rings. The highest BCUT2D eigenvalue weighted by Gasteiger charge is 2.31. The number of benzene rings is 2. The molecule has 0 amide bonds. The molecule has 0 bridgehead atoms. The van der Waals surface area contributed by atoms with Crippen molar-refractivity contribution in [2.45, 2.75) is 58.4 Å². The second kappa shape index (κ2) is 9.95. The van der Waals surface area contributed by atoms with E-state index in [1.54, 1.807) is 0 Å². The molecule has 0 radical (unpaired) electrons. The molecule has 6 rings (SSSR count). The molecule has 2 aromatic carbocycles. The zero-order valence-electron chi connectivity index (χ0n) is 22.1. The maximum Gasteiger partial charge on any atom is 0.345 e. The van der Waals surface area contributed by atoms with Crippen molar-refractivity contribution in [3.8, 4) is 11.3 Å². The normalized spacial score (nSPS) is 15.7. The fourth-order valence-electron chi connectivity index (χ4n) is 6.37. The fourth-order valence-corrected chi connectivity index (χ4v) is 7.50. The minimum absolute atomic E-state index is 0.432. The molecule has 0 atom stereocenters. The van der Waals surface area contributed by atoms with E-state index in [9.17, 15) is 9.90 Å². The number of carboxylic acid groups (broad SMARTS) is 1. The molecule has 5 heteroatoms. The molecule has 3 heterocycles. The van der Waals surface area contributed by atoms with E-state index in [-0.39, 0.29) is 0 Å². The minimum Gasteiger partial charge on any atom is -0.477 e. The van der Waals surface area contributed by atoms with Gasteiger partial charge in [0.25, 0.3) is 0 Å². The van der Waals surface area contributed by atoms with Crippen molar-refractivity contribution >= 4 is 44.9 Å². The summed E-state index contributed by atoms with van der Waals surface area (Å²) in [6.07, 6.45) is 10.4. The highest BCUT2D eigenvalue weighted by Crippen LogP contribution is 2.49. The Bertz CT molecular complexity index is 1600. The molecule has 1 aliphatic carbocycles. The SMILES string of the molecule is C=C(/C=C\c1c(C)ccc2c1NCCn1c-2c(C2CCCCC2)c2sc(C(=O)O)cc21)c1ccccc1C. The van der Waals surface area contributed by atoms with E-state index in [2.05, 4.69) is 78.9 Å². The third-order valence-electron chi connectivity index (χ3n) is 8.30. The Morgan fingerprint density at radius 2 is 1.89 bits per heavy atom. The molecule has 194 valence electrons. The average Bonchev–Trinajstić information content (AvgIpc) is 3.41. The quantitative estimate of drug-likeness (QED) is 0.257. The number of anilines is 1. The monoisotopic (exact) mass is 522 g/mol. The van der Waals surface area contributed by atoms with Gasteiger partial charge in [-0.25, -0.2) is 4.79 Å². The summed E-state index contributed by atoms with van der Waals surface area (Å²) < 4.78 is 3.55. The Hall–Kier alpha value is -3.57. The number of aromatic nitrogens is 1. The Morgan fingerprint density at radius 1 is 1.11 bits per heavy atom. The third-order valence-corrected chi connectivity index (χ3v) is 9.44. The number of thiophene rings is 1. The summed E-state index contributed by atoms with van der Waals surface area (Å²) in [6, 6.07) is 14.7. The number of nitrogens with one attached hydrogen (secondary N) is 1. The second-order valence-corrected chi connectivity index (χ2v) is 11.8. The smallest absolute Gasteiger partial charge is 0.345 e. The average molecular weight is 523 g/mol. The van der Waals surface area contributed by atoms with Crippen molar-refractivity contribution in [1.29, 1.82) is 0 Å². The van der Waals surface area contributed by atoms with E-state index in [1.165, 1.54) is 92.9 Å². The van der Waals surface area contributed by atoms with Crippen LogP contribution >= 0.6 is 11.3 Å². The first-order valence-corrected chi connectivity index (χ1v) is 14.5. The number of hydrogen-bond acceptors (Lipinski definition) is 3. The van der Waals surface area contributed by atoms with Crippen molar-refractivity contribution in [2.24, 2.45) is 0 Å². The summed E-state index contributed by atoms with van der Waals surface area (Å²) in [4.78, 5) is 12.3. The van der Waals surface area contributed by atoms with Gasteiger partial charge in [-0.05, 0) is 66.5 Å². The summed E-state index contributed by atoms with van der Waals surface area (Å²) in [6.45, 7) is 10.2. The molecule has 2 aromatic heterocycles. The number of allylic oxidation sites excluding steroid dienone is 2. The summed E-state index contributed by atoms with van der Waals surface area (Å²) in [5.41, 5.74) is 11.9. The standard InChI is InChI=1S/C33H34N2O2S/c1-20-9-7-8-12-24(20)21(2)13-15-25-22(3)14-16-26-30(25)34-17-18-35-27-19-28(33(36)37)38-32(27)29(31(26)35)23-10-5-4-6-11-23/h7-9,12-16,19,23,34H,2,4-6,10-11,17-18H2,1,3H3,(H,36,37)/b15-13-. The van der Waals surface area contributed by atoms with Crippen LogP contribution in [0.3, 0.4) is 0 Å². The van der Waals surface area contributed by atoms with Gasteiger partial charge in [0.1, 0.15) is 4.88 Å². The van der Waals surface area contributed by atoms with E-state index < -0.39 is 5.97 Å². The molecule has 4 nitrogen and oxygen atoms in total. The van der Waals surface area contributed by atoms with Gasteiger partial charge in [0, 0.05) is 24.2 Å². The summed E-state index contributed by atoms with van der Waals surface area (Å²) >= 11 is 1.45. The van der Waals surface area contributed by atoms with Crippen LogP contribution in [0.1, 0.15) is 75.5 Å². The van der Waals surface area contributed by atoms with Crippen LogP contribution in [0.2, 0.25) is 0 Å². The number of rotatable bonds is 5. The maximum atomic E-state index is 11.9. The number of hydrogen-bond donors (Lipinski definition) is 2. The molecular formula is C33H34N2O2S. The zero-order chi connectivity index (χ0) is 26.4. The van der Waals surface area contributed by atoms with Crippen LogP contribution < -0.4 is 5.32 Å². The molecule has 0 unspecified atom stereocenters. The van der Waals surface area contributed by atoms with Gasteiger partial charge in [0.2, 0.25) is 0 Å². The van der Waals surface area contributed by atoms with Gasteiger partial charge in [-0.2, -0.15) is 0 Å². The second-order valence-electron chi connectivity index (χ2n) is 10.7. The highest BCUT2D eigenvalue weighted by molar-refractivity contribution is 7.21. The number of aryl methyl sites for hydroxylation is 2. The Morgan fingerprint density at radius 3 is 2.66 bits per heavy atom. The van der Waals surface area contributed by atoms with Gasteiger partial charge in [0.15, 0.2) is 0 Å². The van der Waals surface area contributed by atoms with Crippen LogP contribution in [0.25, 0.3) is 33.1 Å². The lowest BCUT2D eigenvalue weighted by Gasteiger charge is -2.24. The molecular weight excluding hydrogens is 488 g/mol. The molecule has 0 spiro atoms. The van der Waals surface area contributed by atoms with Gasteiger partial charge < -0.3 is 15.0 Å². The number of carbonyl (C=O) groups is 1. The maximum absolute atomic E-state index is 11.9. The summed E-state index contributed by atoms with van der Waals surface area (Å²) in [7, 11) is 0. The Kier molecular flexibility index (Phi) is 6.48. The predicted octanol–water partition coefficient (Wildman–Crippen LogP) is 8.88. The third kappa shape index (κ3) is 4.19. The molecule has 1 aliphatic heterocycles. The molecule has 1 saturated carbocycles. The Labute approximate surface area is 228 Å². The first-order chi connectivity index (χ1) is 18.4. The minimum atomic E-state index is -0.834. The molecule has 2 aliphatic rings. The zero-order valence-corrected chi connectivity index (χ0v) is 23.0. The lowest BCUT2D eigenvalue weighted by atomic mass is 9.82. The van der Waals surface area contributed by atoms with E-state index in [1.807, 2.05) is 6.07 Å². The van der Waals surface area contributed by atoms with Crippen LogP contribution in [0, 0.1) is 13.8 Å². The van der Waals surface area contributed by atoms with E-state index >= 15 is 0 Å². The van der Waals surface area contributed by atoms with Gasteiger partial charge in [0.05, 0.1) is 21.6 Å². The first-order valence-electron chi connectivity index (χ1n) is 13.6. The number of aromatic carboxylic acids is 1. The van der Waals surface area contributed by atoms with Crippen LogP contribution in [0.15, 0.2) is 55.1 Å². The Balaban J connectivity index is 1.52. The van der Waals surface area contributed by atoms with Crippen molar-refractivity contribution in [3.63, 3.8) is 0 Å². The van der Waals surface area contributed by atoms with Gasteiger partial charge in [-0.1, -0.05) is 74.4 Å². The van der Waals surface area contributed by atoms with Crippen molar-refractivity contribution in [3.05, 3.63) is 87.8 Å².